The number of hydrogen-bond acceptors (Lipinski definition) is 3. The SMILES string of the molecule is Ic1c[nH]c2ncc(N3CC4COCC4C3)cc12. The first kappa shape index (κ1) is 11.0. The predicted molar refractivity (Wildman–Crippen MR) is 78.8 cm³/mol. The third-order valence-corrected chi connectivity index (χ3v) is 4.96. The number of fused-ring (bicyclic) bond motifs is 2. The fourth-order valence-corrected chi connectivity index (χ4v) is 3.60. The minimum atomic E-state index is 0.714. The maximum absolute atomic E-state index is 5.52. The van der Waals surface area contributed by atoms with Gasteiger partial charge in [0, 0.05) is 40.1 Å². The summed E-state index contributed by atoms with van der Waals surface area (Å²) in [6.07, 6.45) is 3.99. The van der Waals surface area contributed by atoms with Crippen LogP contribution in [-0.2, 0) is 4.74 Å². The number of rotatable bonds is 1. The maximum Gasteiger partial charge on any atom is 0.138 e. The molecule has 18 heavy (non-hydrogen) atoms. The van der Waals surface area contributed by atoms with Gasteiger partial charge in [0.25, 0.3) is 0 Å². The van der Waals surface area contributed by atoms with E-state index >= 15 is 0 Å². The summed E-state index contributed by atoms with van der Waals surface area (Å²) in [6, 6.07) is 2.25. The predicted octanol–water partition coefficient (Wildman–Crippen LogP) is 2.25. The van der Waals surface area contributed by atoms with Crippen molar-refractivity contribution in [3.05, 3.63) is 22.0 Å². The number of aromatic nitrogens is 2. The zero-order chi connectivity index (χ0) is 12.1. The van der Waals surface area contributed by atoms with Gasteiger partial charge in [-0.15, -0.1) is 0 Å². The summed E-state index contributed by atoms with van der Waals surface area (Å²) in [4.78, 5) is 10.1. The minimum absolute atomic E-state index is 0.714. The van der Waals surface area contributed by atoms with Crippen molar-refractivity contribution in [1.29, 1.82) is 0 Å². The lowest BCUT2D eigenvalue weighted by Gasteiger charge is -2.19. The van der Waals surface area contributed by atoms with Gasteiger partial charge < -0.3 is 14.6 Å². The van der Waals surface area contributed by atoms with Crippen LogP contribution in [0.4, 0.5) is 5.69 Å². The first-order chi connectivity index (χ1) is 8.81. The van der Waals surface area contributed by atoms with Crippen molar-refractivity contribution in [2.45, 2.75) is 0 Å². The second kappa shape index (κ2) is 4.09. The van der Waals surface area contributed by atoms with E-state index in [1.807, 2.05) is 12.4 Å². The monoisotopic (exact) mass is 355 g/mol. The van der Waals surface area contributed by atoms with Crippen LogP contribution in [-0.4, -0.2) is 36.3 Å². The Kier molecular flexibility index (Phi) is 2.51. The molecule has 0 saturated carbocycles. The van der Waals surface area contributed by atoms with Crippen LogP contribution in [0.5, 0.6) is 0 Å². The number of anilines is 1. The van der Waals surface area contributed by atoms with E-state index in [1.54, 1.807) is 0 Å². The second-order valence-corrected chi connectivity index (χ2v) is 6.35. The molecule has 2 atom stereocenters. The molecule has 5 heteroatoms. The van der Waals surface area contributed by atoms with Crippen molar-refractivity contribution in [1.82, 2.24) is 9.97 Å². The fourth-order valence-electron chi connectivity index (χ4n) is 3.03. The fraction of sp³-hybridized carbons (Fsp3) is 0.462. The van der Waals surface area contributed by atoms with Crippen molar-refractivity contribution in [2.24, 2.45) is 11.8 Å². The Morgan fingerprint density at radius 1 is 1.33 bits per heavy atom. The highest BCUT2D eigenvalue weighted by atomic mass is 127. The van der Waals surface area contributed by atoms with Gasteiger partial charge in [0.05, 0.1) is 25.1 Å². The lowest BCUT2D eigenvalue weighted by molar-refractivity contribution is 0.177. The van der Waals surface area contributed by atoms with E-state index in [2.05, 4.69) is 43.5 Å². The maximum atomic E-state index is 5.52. The molecule has 2 aromatic rings. The minimum Gasteiger partial charge on any atom is -0.381 e. The number of hydrogen-bond donors (Lipinski definition) is 1. The quantitative estimate of drug-likeness (QED) is 0.798. The summed E-state index contributed by atoms with van der Waals surface area (Å²) in [5, 5.41) is 1.22. The van der Waals surface area contributed by atoms with E-state index in [0.29, 0.717) is 11.8 Å². The van der Waals surface area contributed by atoms with Crippen LogP contribution in [0.15, 0.2) is 18.5 Å². The normalized spacial score (nSPS) is 27.1. The molecule has 2 unspecified atom stereocenters. The molecule has 2 aromatic heterocycles. The largest absolute Gasteiger partial charge is 0.381 e. The summed E-state index contributed by atoms with van der Waals surface area (Å²) in [7, 11) is 0. The molecular weight excluding hydrogens is 341 g/mol. The molecular formula is C13H14IN3O. The van der Waals surface area contributed by atoms with Gasteiger partial charge in [0.1, 0.15) is 5.65 Å². The molecule has 4 nitrogen and oxygen atoms in total. The average molecular weight is 355 g/mol. The molecule has 0 radical (unpaired) electrons. The highest BCUT2D eigenvalue weighted by Gasteiger charge is 2.37. The van der Waals surface area contributed by atoms with E-state index < -0.39 is 0 Å². The second-order valence-electron chi connectivity index (χ2n) is 5.19. The highest BCUT2D eigenvalue weighted by molar-refractivity contribution is 14.1. The van der Waals surface area contributed by atoms with Crippen molar-refractivity contribution in [3.8, 4) is 0 Å². The van der Waals surface area contributed by atoms with E-state index in [4.69, 9.17) is 4.74 Å². The Labute approximate surface area is 119 Å². The van der Waals surface area contributed by atoms with Crippen LogP contribution in [0.25, 0.3) is 11.0 Å². The number of nitrogens with one attached hydrogen (secondary N) is 1. The summed E-state index contributed by atoms with van der Waals surface area (Å²) in [5.41, 5.74) is 2.22. The Hall–Kier alpha value is -0.820. The topological polar surface area (TPSA) is 41.2 Å². The van der Waals surface area contributed by atoms with Gasteiger partial charge in [-0.05, 0) is 28.7 Å². The lowest BCUT2D eigenvalue weighted by Crippen LogP contribution is -2.22. The molecule has 4 heterocycles. The van der Waals surface area contributed by atoms with Crippen LogP contribution >= 0.6 is 22.6 Å². The Morgan fingerprint density at radius 3 is 2.89 bits per heavy atom. The molecule has 94 valence electrons. The molecule has 0 aromatic carbocycles. The Morgan fingerprint density at radius 2 is 2.11 bits per heavy atom. The summed E-state index contributed by atoms with van der Waals surface area (Å²) < 4.78 is 6.76. The Balaban J connectivity index is 1.68. The first-order valence-electron chi connectivity index (χ1n) is 6.26. The summed E-state index contributed by atoms with van der Waals surface area (Å²) in [6.45, 7) is 4.08. The molecule has 2 fully saturated rings. The molecule has 0 amide bonds. The van der Waals surface area contributed by atoms with Crippen LogP contribution in [0, 0.1) is 15.4 Å². The average Bonchev–Trinajstić information content (AvgIpc) is 3.03. The number of aromatic amines is 1. The molecule has 2 aliphatic rings. The standard InChI is InChI=1S/C13H14IN3O/c14-12-3-16-13-11(12)1-10(2-15-13)17-4-8-6-18-7-9(8)5-17/h1-3,8-9H,4-7H2,(H,15,16). The smallest absolute Gasteiger partial charge is 0.138 e. The van der Waals surface area contributed by atoms with Gasteiger partial charge in [-0.2, -0.15) is 0 Å². The molecule has 0 spiro atoms. The third-order valence-electron chi connectivity index (χ3n) is 4.07. The van der Waals surface area contributed by atoms with Gasteiger partial charge in [0.2, 0.25) is 0 Å². The van der Waals surface area contributed by atoms with Crippen molar-refractivity contribution in [3.63, 3.8) is 0 Å². The van der Waals surface area contributed by atoms with Crippen molar-refractivity contribution < 1.29 is 4.74 Å². The van der Waals surface area contributed by atoms with Crippen molar-refractivity contribution in [2.75, 3.05) is 31.2 Å². The molecule has 4 rings (SSSR count). The van der Waals surface area contributed by atoms with Crippen LogP contribution in [0.3, 0.4) is 0 Å². The zero-order valence-electron chi connectivity index (χ0n) is 9.90. The van der Waals surface area contributed by atoms with Gasteiger partial charge in [0.15, 0.2) is 0 Å². The first-order valence-corrected chi connectivity index (χ1v) is 7.34. The molecule has 1 N–H and O–H groups in total. The highest BCUT2D eigenvalue weighted by Crippen LogP contribution is 2.33. The van der Waals surface area contributed by atoms with E-state index in [1.165, 1.54) is 14.6 Å². The lowest BCUT2D eigenvalue weighted by atomic mass is 10.0. The zero-order valence-corrected chi connectivity index (χ0v) is 12.1. The van der Waals surface area contributed by atoms with Crippen LogP contribution in [0.2, 0.25) is 0 Å². The number of pyridine rings is 1. The third kappa shape index (κ3) is 1.64. The van der Waals surface area contributed by atoms with Gasteiger partial charge in [-0.3, -0.25) is 0 Å². The van der Waals surface area contributed by atoms with Crippen LogP contribution in [0.1, 0.15) is 0 Å². The molecule has 0 bridgehead atoms. The number of ether oxygens (including phenoxy) is 1. The van der Waals surface area contributed by atoms with E-state index in [0.717, 1.165) is 32.0 Å². The molecule has 2 aliphatic heterocycles. The number of halogens is 1. The summed E-state index contributed by atoms with van der Waals surface area (Å²) in [5.74, 6) is 1.43. The molecule has 0 aliphatic carbocycles. The number of nitrogens with zero attached hydrogens (tertiary/aromatic N) is 2. The Bertz CT molecular complexity index is 585. The number of H-pyrrole nitrogens is 1. The van der Waals surface area contributed by atoms with Crippen molar-refractivity contribution >= 4 is 39.3 Å². The van der Waals surface area contributed by atoms with Gasteiger partial charge >= 0.3 is 0 Å². The van der Waals surface area contributed by atoms with Gasteiger partial charge in [-0.1, -0.05) is 0 Å². The van der Waals surface area contributed by atoms with Gasteiger partial charge in [-0.25, -0.2) is 4.98 Å². The summed E-state index contributed by atoms with van der Waals surface area (Å²) >= 11 is 2.35. The van der Waals surface area contributed by atoms with E-state index in [-0.39, 0.29) is 0 Å². The van der Waals surface area contributed by atoms with Crippen LogP contribution < -0.4 is 4.90 Å². The van der Waals surface area contributed by atoms with E-state index in [9.17, 15) is 0 Å². The molecule has 2 saturated heterocycles.